The molecule has 1 aliphatic rings. The van der Waals surface area contributed by atoms with Crippen molar-refractivity contribution in [1.29, 1.82) is 10.5 Å². The number of rotatable bonds is 5. The molecule has 6 nitrogen and oxygen atoms in total. The summed E-state index contributed by atoms with van der Waals surface area (Å²) in [6.07, 6.45) is 0. The molecule has 9 aromatic rings. The summed E-state index contributed by atoms with van der Waals surface area (Å²) < 4.78 is 9.06. The molecule has 0 fully saturated rings. The van der Waals surface area contributed by atoms with Gasteiger partial charge in [-0.15, -0.1) is 11.3 Å². The molecule has 0 amide bonds. The van der Waals surface area contributed by atoms with Crippen molar-refractivity contribution >= 4 is 31.5 Å². The van der Waals surface area contributed by atoms with Crippen LogP contribution in [-0.2, 0) is 5.60 Å². The van der Waals surface area contributed by atoms with Gasteiger partial charge in [0.2, 0.25) is 0 Å². The van der Waals surface area contributed by atoms with Gasteiger partial charge in [0.25, 0.3) is 0 Å². The quantitative estimate of drug-likeness (QED) is 0.175. The third-order valence-electron chi connectivity index (χ3n) is 10.6. The van der Waals surface area contributed by atoms with Crippen molar-refractivity contribution < 1.29 is 4.74 Å². The molecule has 0 saturated heterocycles. The molecule has 2 aromatic heterocycles. The summed E-state index contributed by atoms with van der Waals surface area (Å²) in [5.41, 5.74) is 8.85. The van der Waals surface area contributed by atoms with Gasteiger partial charge in [0.05, 0.1) is 23.3 Å². The summed E-state index contributed by atoms with van der Waals surface area (Å²) in [5.74, 6) is 2.31. The lowest BCUT2D eigenvalue weighted by Crippen LogP contribution is -2.34. The number of fused-ring (bicyclic) bond motifs is 6. The van der Waals surface area contributed by atoms with Crippen molar-refractivity contribution in [2.45, 2.75) is 12.5 Å². The summed E-state index contributed by atoms with van der Waals surface area (Å²) >= 11 is 1.68. The Balaban J connectivity index is 1.08. The highest BCUT2D eigenvalue weighted by molar-refractivity contribution is 7.25. The van der Waals surface area contributed by atoms with Crippen LogP contribution in [0.1, 0.15) is 29.2 Å². The van der Waals surface area contributed by atoms with Crippen molar-refractivity contribution in [2.75, 3.05) is 0 Å². The van der Waals surface area contributed by atoms with E-state index in [1.165, 1.54) is 0 Å². The fourth-order valence-electron chi connectivity index (χ4n) is 7.72. The van der Waals surface area contributed by atoms with Gasteiger partial charge in [0.15, 0.2) is 23.1 Å². The van der Waals surface area contributed by atoms with Crippen LogP contribution < -0.4 is 4.74 Å². The van der Waals surface area contributed by atoms with Crippen molar-refractivity contribution in [1.82, 2.24) is 15.0 Å². The second-order valence-corrected chi connectivity index (χ2v) is 15.0. The molecule has 0 bridgehead atoms. The summed E-state index contributed by atoms with van der Waals surface area (Å²) in [4.78, 5) is 14.7. The van der Waals surface area contributed by atoms with Crippen LogP contribution in [0.25, 0.3) is 76.6 Å². The average molecular weight is 736 g/mol. The Labute approximate surface area is 327 Å². The van der Waals surface area contributed by atoms with E-state index >= 15 is 0 Å². The zero-order chi connectivity index (χ0) is 37.8. The van der Waals surface area contributed by atoms with E-state index in [0.29, 0.717) is 34.2 Å². The van der Waals surface area contributed by atoms with Gasteiger partial charge in [-0.25, -0.2) is 15.0 Å². The van der Waals surface area contributed by atoms with Crippen LogP contribution in [-0.4, -0.2) is 15.0 Å². The molecular formula is C49H29N5OS. The summed E-state index contributed by atoms with van der Waals surface area (Å²) in [6, 6.07) is 57.3. The third kappa shape index (κ3) is 5.50. The number of aromatic nitrogens is 3. The van der Waals surface area contributed by atoms with Crippen LogP contribution in [0.15, 0.2) is 158 Å². The fourth-order valence-corrected chi connectivity index (χ4v) is 8.88. The Morgan fingerprint density at radius 3 is 1.82 bits per heavy atom. The maximum absolute atomic E-state index is 10.5. The van der Waals surface area contributed by atoms with E-state index < -0.39 is 5.60 Å². The Kier molecular flexibility index (Phi) is 7.78. The van der Waals surface area contributed by atoms with Crippen molar-refractivity contribution in [2.24, 2.45) is 0 Å². The Hall–Kier alpha value is -7.45. The summed E-state index contributed by atoms with van der Waals surface area (Å²) in [6.45, 7) is 2.10. The number of hydrogen-bond acceptors (Lipinski definition) is 7. The SMILES string of the molecule is CC1(c2ccccc2)Oc2cc(-c3ccc4c(c3)sc3cc(-c5nc(-c6ccccc6)nc(-c6ccccc6)n5)c(C#N)cc34)ccc2-c2cc(C#N)ccc21. The van der Waals surface area contributed by atoms with Gasteiger partial charge in [-0.2, -0.15) is 10.5 Å². The minimum absolute atomic E-state index is 0.453. The normalized spacial score (nSPS) is 14.3. The minimum atomic E-state index is -0.746. The fraction of sp³-hybridized carbons (Fsp3) is 0.0408. The van der Waals surface area contributed by atoms with E-state index in [1.54, 1.807) is 11.3 Å². The molecule has 1 unspecified atom stereocenters. The first-order valence-corrected chi connectivity index (χ1v) is 19.0. The van der Waals surface area contributed by atoms with Gasteiger partial charge in [-0.05, 0) is 65.6 Å². The van der Waals surface area contributed by atoms with Crippen LogP contribution >= 0.6 is 11.3 Å². The maximum Gasteiger partial charge on any atom is 0.165 e. The summed E-state index contributed by atoms with van der Waals surface area (Å²) in [5, 5.41) is 22.3. The van der Waals surface area contributed by atoms with E-state index in [4.69, 9.17) is 19.7 Å². The topological polar surface area (TPSA) is 95.5 Å². The molecule has 7 heteroatoms. The van der Waals surface area contributed by atoms with Crippen molar-refractivity contribution in [3.63, 3.8) is 0 Å². The largest absolute Gasteiger partial charge is 0.477 e. The molecule has 1 aliphatic heterocycles. The summed E-state index contributed by atoms with van der Waals surface area (Å²) in [7, 11) is 0. The van der Waals surface area contributed by atoms with E-state index in [2.05, 4.69) is 67.6 Å². The lowest BCUT2D eigenvalue weighted by atomic mass is 9.80. The van der Waals surface area contributed by atoms with E-state index in [1.807, 2.05) is 109 Å². The average Bonchev–Trinajstić information content (AvgIpc) is 3.63. The monoisotopic (exact) mass is 735 g/mol. The Morgan fingerprint density at radius 1 is 0.518 bits per heavy atom. The van der Waals surface area contributed by atoms with Crippen molar-refractivity contribution in [3.05, 3.63) is 180 Å². The Morgan fingerprint density at radius 2 is 1.14 bits per heavy atom. The smallest absolute Gasteiger partial charge is 0.165 e. The van der Waals surface area contributed by atoms with Crippen LogP contribution in [0.2, 0.25) is 0 Å². The van der Waals surface area contributed by atoms with Crippen LogP contribution in [0.5, 0.6) is 5.75 Å². The highest BCUT2D eigenvalue weighted by Crippen LogP contribution is 2.50. The number of hydrogen-bond donors (Lipinski definition) is 0. The zero-order valence-corrected chi connectivity index (χ0v) is 30.9. The van der Waals surface area contributed by atoms with Crippen LogP contribution in [0.3, 0.4) is 0 Å². The predicted molar refractivity (Wildman–Crippen MR) is 223 cm³/mol. The minimum Gasteiger partial charge on any atom is -0.477 e. The van der Waals surface area contributed by atoms with Crippen LogP contribution in [0.4, 0.5) is 0 Å². The highest BCUT2D eigenvalue weighted by atomic mass is 32.1. The zero-order valence-electron chi connectivity index (χ0n) is 30.1. The molecule has 0 saturated carbocycles. The van der Waals surface area contributed by atoms with E-state index in [9.17, 15) is 10.5 Å². The van der Waals surface area contributed by atoms with Gasteiger partial charge in [-0.1, -0.05) is 121 Å². The molecule has 7 aromatic carbocycles. The second-order valence-electron chi connectivity index (χ2n) is 13.9. The lowest BCUT2D eigenvalue weighted by Gasteiger charge is -2.38. The molecule has 0 aliphatic carbocycles. The standard InChI is InChI=1S/C49H29N5OS/c1-49(36-15-9-4-10-16-36)42-22-17-30(28-50)23-40(42)37-20-18-33(25-43(37)55-49)34-19-21-38-41-24-35(29-51)39(27-45(41)56-44(38)26-34)48-53-46(31-11-5-2-6-12-31)52-47(54-48)32-13-7-3-8-14-32/h2-27H,1H3. The number of benzene rings is 7. The first-order chi connectivity index (χ1) is 27.5. The van der Waals surface area contributed by atoms with Gasteiger partial charge in [0, 0.05) is 48.0 Å². The van der Waals surface area contributed by atoms with E-state index in [0.717, 1.165) is 70.4 Å². The molecule has 3 heterocycles. The molecule has 0 spiro atoms. The Bertz CT molecular complexity index is 3030. The van der Waals surface area contributed by atoms with Gasteiger partial charge < -0.3 is 4.74 Å². The number of ether oxygens (including phenoxy) is 1. The predicted octanol–water partition coefficient (Wildman–Crippen LogP) is 12.0. The molecule has 0 N–H and O–H groups in total. The number of thiophene rings is 1. The third-order valence-corrected chi connectivity index (χ3v) is 11.7. The second kappa shape index (κ2) is 13.1. The van der Waals surface area contributed by atoms with Gasteiger partial charge in [-0.3, -0.25) is 0 Å². The maximum atomic E-state index is 10.5. The van der Waals surface area contributed by atoms with Crippen molar-refractivity contribution in [3.8, 4) is 74.3 Å². The van der Waals surface area contributed by atoms with Gasteiger partial charge in [0.1, 0.15) is 5.75 Å². The van der Waals surface area contributed by atoms with E-state index in [-0.39, 0.29) is 0 Å². The lowest BCUT2D eigenvalue weighted by molar-refractivity contribution is 0.129. The number of nitrogens with zero attached hydrogens (tertiary/aromatic N) is 5. The molecule has 10 rings (SSSR count). The molecule has 262 valence electrons. The molecule has 0 radical (unpaired) electrons. The first kappa shape index (κ1) is 33.1. The molecular weight excluding hydrogens is 707 g/mol. The highest BCUT2D eigenvalue weighted by Gasteiger charge is 2.38. The number of nitriles is 2. The van der Waals surface area contributed by atoms with Crippen LogP contribution in [0, 0.1) is 22.7 Å². The molecule has 1 atom stereocenters. The molecule has 56 heavy (non-hydrogen) atoms. The first-order valence-electron chi connectivity index (χ1n) is 18.2. The van der Waals surface area contributed by atoms with Gasteiger partial charge >= 0.3 is 0 Å².